The monoisotopic (exact) mass is 172 g/mol. The highest BCUT2D eigenvalue weighted by atomic mass is 16.7. The fraction of sp³-hybridized carbons (Fsp3) is 0.778. The van der Waals surface area contributed by atoms with Gasteiger partial charge in [0.05, 0.1) is 19.3 Å². The molecule has 0 spiro atoms. The second kappa shape index (κ2) is 3.56. The first-order valence-electron chi connectivity index (χ1n) is 4.13. The second-order valence-electron chi connectivity index (χ2n) is 3.56. The van der Waals surface area contributed by atoms with E-state index in [9.17, 15) is 0 Å². The largest absolute Gasteiger partial charge is 0.392 e. The zero-order chi connectivity index (χ0) is 9.19. The molecule has 12 heavy (non-hydrogen) atoms. The molecule has 1 atom stereocenters. The Bertz CT molecular complexity index is 175. The molecule has 0 aromatic carbocycles. The van der Waals surface area contributed by atoms with Gasteiger partial charge in [0.15, 0.2) is 5.79 Å². The van der Waals surface area contributed by atoms with E-state index >= 15 is 0 Å². The second-order valence-corrected chi connectivity index (χ2v) is 3.56. The summed E-state index contributed by atoms with van der Waals surface area (Å²) in [5, 5.41) is 8.73. The van der Waals surface area contributed by atoms with Crippen LogP contribution < -0.4 is 0 Å². The van der Waals surface area contributed by atoms with Gasteiger partial charge in [0.25, 0.3) is 0 Å². The quantitative estimate of drug-likeness (QED) is 0.647. The first-order valence-corrected chi connectivity index (χ1v) is 4.13. The average Bonchev–Trinajstić information content (AvgIpc) is 2.30. The van der Waals surface area contributed by atoms with Crippen LogP contribution in [0.1, 0.15) is 20.3 Å². The topological polar surface area (TPSA) is 38.7 Å². The van der Waals surface area contributed by atoms with Crippen LogP contribution in [0.25, 0.3) is 0 Å². The summed E-state index contributed by atoms with van der Waals surface area (Å²) in [7, 11) is 0. The zero-order valence-electron chi connectivity index (χ0n) is 7.67. The van der Waals surface area contributed by atoms with Crippen LogP contribution in [0.2, 0.25) is 0 Å². The predicted molar refractivity (Wildman–Crippen MR) is 45.7 cm³/mol. The molecule has 0 amide bonds. The predicted octanol–water partition coefficient (Wildman–Crippen LogP) is 1.08. The van der Waals surface area contributed by atoms with Gasteiger partial charge in [-0.25, -0.2) is 0 Å². The van der Waals surface area contributed by atoms with Gasteiger partial charge < -0.3 is 14.6 Å². The number of ether oxygens (including phenoxy) is 2. The van der Waals surface area contributed by atoms with Crippen molar-refractivity contribution in [2.75, 3.05) is 13.2 Å². The lowest BCUT2D eigenvalue weighted by molar-refractivity contribution is -0.138. The van der Waals surface area contributed by atoms with E-state index in [1.807, 2.05) is 13.8 Å². The van der Waals surface area contributed by atoms with Crippen molar-refractivity contribution < 1.29 is 14.6 Å². The fourth-order valence-corrected chi connectivity index (χ4v) is 1.25. The van der Waals surface area contributed by atoms with Crippen molar-refractivity contribution in [3.8, 4) is 0 Å². The Kier molecular flexibility index (Phi) is 2.88. The van der Waals surface area contributed by atoms with E-state index in [2.05, 4.69) is 6.58 Å². The van der Waals surface area contributed by atoms with Crippen LogP contribution in [0.3, 0.4) is 0 Å². The summed E-state index contributed by atoms with van der Waals surface area (Å²) < 4.78 is 10.9. The molecule has 1 N–H and O–H groups in total. The van der Waals surface area contributed by atoms with Gasteiger partial charge in [-0.15, -0.1) is 0 Å². The lowest BCUT2D eigenvalue weighted by atomic mass is 10.1. The van der Waals surface area contributed by atoms with Crippen LogP contribution in [0.15, 0.2) is 12.2 Å². The SMILES string of the molecule is C=C(CO)CC1COC(C)(C)O1. The summed E-state index contributed by atoms with van der Waals surface area (Å²) >= 11 is 0. The molecule has 1 rings (SSSR count). The van der Waals surface area contributed by atoms with Crippen molar-refractivity contribution in [2.24, 2.45) is 0 Å². The molecule has 70 valence electrons. The molecule has 1 aliphatic rings. The van der Waals surface area contributed by atoms with E-state index in [4.69, 9.17) is 14.6 Å². The van der Waals surface area contributed by atoms with Gasteiger partial charge in [0, 0.05) is 0 Å². The van der Waals surface area contributed by atoms with Gasteiger partial charge >= 0.3 is 0 Å². The average molecular weight is 172 g/mol. The normalized spacial score (nSPS) is 27.4. The third-order valence-corrected chi connectivity index (χ3v) is 1.81. The smallest absolute Gasteiger partial charge is 0.163 e. The van der Waals surface area contributed by atoms with Gasteiger partial charge in [-0.2, -0.15) is 0 Å². The van der Waals surface area contributed by atoms with Crippen LogP contribution in [0.4, 0.5) is 0 Å². The van der Waals surface area contributed by atoms with Crippen LogP contribution in [0.5, 0.6) is 0 Å². The molecule has 0 aromatic rings. The summed E-state index contributed by atoms with van der Waals surface area (Å²) in [6.45, 7) is 8.08. The Morgan fingerprint density at radius 2 is 2.33 bits per heavy atom. The molecule has 1 heterocycles. The van der Waals surface area contributed by atoms with Crippen molar-refractivity contribution >= 4 is 0 Å². The van der Waals surface area contributed by atoms with Crippen LogP contribution in [-0.4, -0.2) is 30.2 Å². The molecule has 3 heteroatoms. The third kappa shape index (κ3) is 2.59. The number of aliphatic hydroxyl groups excluding tert-OH is 1. The van der Waals surface area contributed by atoms with E-state index in [1.54, 1.807) is 0 Å². The lowest BCUT2D eigenvalue weighted by Crippen LogP contribution is -2.21. The van der Waals surface area contributed by atoms with E-state index < -0.39 is 5.79 Å². The molecule has 1 fully saturated rings. The highest BCUT2D eigenvalue weighted by Crippen LogP contribution is 2.25. The number of hydrogen-bond donors (Lipinski definition) is 1. The minimum atomic E-state index is -0.472. The molecular weight excluding hydrogens is 156 g/mol. The van der Waals surface area contributed by atoms with Crippen molar-refractivity contribution in [1.82, 2.24) is 0 Å². The van der Waals surface area contributed by atoms with Crippen molar-refractivity contribution in [3.05, 3.63) is 12.2 Å². The van der Waals surface area contributed by atoms with E-state index in [0.717, 1.165) is 5.57 Å². The molecule has 1 aliphatic heterocycles. The Hall–Kier alpha value is -0.380. The molecular formula is C9H16O3. The molecule has 0 saturated carbocycles. The Morgan fingerprint density at radius 3 is 2.75 bits per heavy atom. The van der Waals surface area contributed by atoms with Crippen LogP contribution in [-0.2, 0) is 9.47 Å². The highest BCUT2D eigenvalue weighted by Gasteiger charge is 2.32. The van der Waals surface area contributed by atoms with Gasteiger partial charge in [0.2, 0.25) is 0 Å². The van der Waals surface area contributed by atoms with E-state index in [1.165, 1.54) is 0 Å². The van der Waals surface area contributed by atoms with Gasteiger partial charge in [-0.1, -0.05) is 6.58 Å². The molecule has 1 unspecified atom stereocenters. The Morgan fingerprint density at radius 1 is 1.67 bits per heavy atom. The standard InChI is InChI=1S/C9H16O3/c1-7(5-10)4-8-6-11-9(2,3)12-8/h8,10H,1,4-6H2,2-3H3. The lowest BCUT2D eigenvalue weighted by Gasteiger charge is -2.17. The van der Waals surface area contributed by atoms with E-state index in [0.29, 0.717) is 13.0 Å². The van der Waals surface area contributed by atoms with Crippen molar-refractivity contribution in [2.45, 2.75) is 32.2 Å². The number of aliphatic hydroxyl groups is 1. The molecule has 0 bridgehead atoms. The van der Waals surface area contributed by atoms with Crippen LogP contribution >= 0.6 is 0 Å². The zero-order valence-corrected chi connectivity index (χ0v) is 7.67. The number of hydrogen-bond acceptors (Lipinski definition) is 3. The molecule has 0 radical (unpaired) electrons. The maximum Gasteiger partial charge on any atom is 0.163 e. The van der Waals surface area contributed by atoms with Crippen molar-refractivity contribution in [1.29, 1.82) is 0 Å². The first kappa shape index (κ1) is 9.71. The van der Waals surface area contributed by atoms with Gasteiger partial charge in [0.1, 0.15) is 0 Å². The Labute approximate surface area is 73.0 Å². The van der Waals surface area contributed by atoms with Crippen molar-refractivity contribution in [3.63, 3.8) is 0 Å². The minimum absolute atomic E-state index is 0.0281. The Balaban J connectivity index is 2.33. The summed E-state index contributed by atoms with van der Waals surface area (Å²) in [6, 6.07) is 0. The maximum atomic E-state index is 8.73. The van der Waals surface area contributed by atoms with Gasteiger partial charge in [-0.05, 0) is 25.8 Å². The number of rotatable bonds is 3. The molecule has 0 aromatic heterocycles. The fourth-order valence-electron chi connectivity index (χ4n) is 1.25. The summed E-state index contributed by atoms with van der Waals surface area (Å²) in [6.07, 6.45) is 0.736. The van der Waals surface area contributed by atoms with Gasteiger partial charge in [-0.3, -0.25) is 0 Å². The van der Waals surface area contributed by atoms with E-state index in [-0.39, 0.29) is 12.7 Å². The summed E-state index contributed by atoms with van der Waals surface area (Å²) in [5.41, 5.74) is 0.793. The molecule has 3 nitrogen and oxygen atoms in total. The first-order chi connectivity index (χ1) is 5.53. The summed E-state index contributed by atoms with van der Waals surface area (Å²) in [5.74, 6) is -0.472. The summed E-state index contributed by atoms with van der Waals surface area (Å²) in [4.78, 5) is 0. The highest BCUT2D eigenvalue weighted by molar-refractivity contribution is 4.97. The minimum Gasteiger partial charge on any atom is -0.392 e. The molecule has 1 saturated heterocycles. The maximum absolute atomic E-state index is 8.73. The molecule has 0 aliphatic carbocycles. The van der Waals surface area contributed by atoms with Crippen LogP contribution in [0, 0.1) is 0 Å². The third-order valence-electron chi connectivity index (χ3n) is 1.81.